The Bertz CT molecular complexity index is 684. The number of hydrogen-bond acceptors (Lipinski definition) is 4. The molecule has 0 atom stereocenters. The maximum Gasteiger partial charge on any atom is 0.420 e. The van der Waals surface area contributed by atoms with E-state index < -0.39 is 17.3 Å². The number of amides is 1. The second-order valence-electron chi connectivity index (χ2n) is 8.49. The first-order valence-corrected chi connectivity index (χ1v) is 9.13. The van der Waals surface area contributed by atoms with Crippen LogP contribution in [0.15, 0.2) is 18.5 Å². The van der Waals surface area contributed by atoms with E-state index >= 15 is 0 Å². The Morgan fingerprint density at radius 2 is 1.85 bits per heavy atom. The van der Waals surface area contributed by atoms with Crippen LogP contribution in [0, 0.1) is 5.41 Å². The normalized spacial score (nSPS) is 20.3. The highest BCUT2D eigenvalue weighted by Crippen LogP contribution is 2.51. The molecular formula is C19H25F3N2O3. The zero-order valence-corrected chi connectivity index (χ0v) is 15.8. The van der Waals surface area contributed by atoms with Crippen LogP contribution in [-0.2, 0) is 10.9 Å². The third-order valence-electron chi connectivity index (χ3n) is 5.18. The van der Waals surface area contributed by atoms with E-state index in [9.17, 15) is 18.0 Å². The van der Waals surface area contributed by atoms with Gasteiger partial charge in [0, 0.05) is 19.3 Å². The Morgan fingerprint density at radius 1 is 1.22 bits per heavy atom. The molecule has 8 heteroatoms. The highest BCUT2D eigenvalue weighted by molar-refractivity contribution is 5.68. The van der Waals surface area contributed by atoms with Gasteiger partial charge in [0.2, 0.25) is 0 Å². The second kappa shape index (κ2) is 6.87. The number of carbonyl (C=O) groups is 1. The van der Waals surface area contributed by atoms with Crippen molar-refractivity contribution in [2.24, 2.45) is 5.41 Å². The van der Waals surface area contributed by atoms with Crippen LogP contribution in [0.3, 0.4) is 0 Å². The zero-order chi connectivity index (χ0) is 19.9. The minimum Gasteiger partial charge on any atom is -0.488 e. The second-order valence-corrected chi connectivity index (χ2v) is 8.49. The Balaban J connectivity index is 1.52. The van der Waals surface area contributed by atoms with Gasteiger partial charge in [0.25, 0.3) is 0 Å². The molecule has 0 N–H and O–H groups in total. The van der Waals surface area contributed by atoms with E-state index in [2.05, 4.69) is 4.98 Å². The summed E-state index contributed by atoms with van der Waals surface area (Å²) in [6, 6.07) is 0.934. The molecule has 150 valence electrons. The van der Waals surface area contributed by atoms with Gasteiger partial charge in [0.1, 0.15) is 16.9 Å². The molecule has 1 spiro atoms. The summed E-state index contributed by atoms with van der Waals surface area (Å²) in [4.78, 5) is 17.6. The number of ether oxygens (including phenoxy) is 2. The molecule has 0 unspecified atom stereocenters. The van der Waals surface area contributed by atoms with Crippen LogP contribution in [0.5, 0.6) is 5.75 Å². The fourth-order valence-corrected chi connectivity index (χ4v) is 3.78. The lowest BCUT2D eigenvalue weighted by atomic mass is 9.61. The average Bonchev–Trinajstić information content (AvgIpc) is 2.52. The summed E-state index contributed by atoms with van der Waals surface area (Å²) in [5.41, 5.74) is -1.27. The van der Waals surface area contributed by atoms with Crippen LogP contribution in [0.4, 0.5) is 18.0 Å². The van der Waals surface area contributed by atoms with E-state index in [1.54, 1.807) is 4.90 Å². The first-order valence-electron chi connectivity index (χ1n) is 9.13. The van der Waals surface area contributed by atoms with Crippen molar-refractivity contribution < 1.29 is 27.4 Å². The van der Waals surface area contributed by atoms with Crippen LogP contribution >= 0.6 is 0 Å². The third kappa shape index (κ3) is 4.65. The lowest BCUT2D eigenvalue weighted by Gasteiger charge is -2.51. The van der Waals surface area contributed by atoms with E-state index in [0.29, 0.717) is 25.9 Å². The minimum atomic E-state index is -4.46. The summed E-state index contributed by atoms with van der Waals surface area (Å²) >= 11 is 0. The monoisotopic (exact) mass is 386 g/mol. The van der Waals surface area contributed by atoms with E-state index in [-0.39, 0.29) is 23.4 Å². The number of alkyl halides is 3. The van der Waals surface area contributed by atoms with E-state index in [4.69, 9.17) is 9.47 Å². The molecule has 3 rings (SSSR count). The van der Waals surface area contributed by atoms with Gasteiger partial charge in [-0.1, -0.05) is 0 Å². The van der Waals surface area contributed by atoms with Crippen LogP contribution in [-0.4, -0.2) is 40.8 Å². The van der Waals surface area contributed by atoms with Crippen LogP contribution in [0.25, 0.3) is 0 Å². The Hall–Kier alpha value is -1.99. The summed E-state index contributed by atoms with van der Waals surface area (Å²) in [5, 5.41) is 0. The minimum absolute atomic E-state index is 0.0454. The van der Waals surface area contributed by atoms with Crippen LogP contribution < -0.4 is 4.74 Å². The predicted molar refractivity (Wildman–Crippen MR) is 92.4 cm³/mol. The highest BCUT2D eigenvalue weighted by Gasteiger charge is 2.48. The van der Waals surface area contributed by atoms with Crippen molar-refractivity contribution in [1.82, 2.24) is 9.88 Å². The van der Waals surface area contributed by atoms with Gasteiger partial charge in [-0.25, -0.2) is 4.79 Å². The number of halogens is 3. The molecule has 0 bridgehead atoms. The van der Waals surface area contributed by atoms with Crippen molar-refractivity contribution in [2.75, 3.05) is 13.1 Å². The first-order chi connectivity index (χ1) is 12.5. The number of pyridine rings is 1. The highest BCUT2D eigenvalue weighted by atomic mass is 19.4. The molecule has 27 heavy (non-hydrogen) atoms. The number of aromatic nitrogens is 1. The summed E-state index contributed by atoms with van der Waals surface area (Å²) in [6.07, 6.45) is 0.235. The lowest BCUT2D eigenvalue weighted by molar-refractivity contribution is -0.140. The number of nitrogens with zero attached hydrogens (tertiary/aromatic N) is 2. The molecular weight excluding hydrogens is 361 g/mol. The maximum absolute atomic E-state index is 13.0. The first kappa shape index (κ1) is 19.8. The van der Waals surface area contributed by atoms with Gasteiger partial charge >= 0.3 is 12.3 Å². The molecule has 1 saturated heterocycles. The molecule has 1 aliphatic carbocycles. The fourth-order valence-electron chi connectivity index (χ4n) is 3.78. The lowest BCUT2D eigenvalue weighted by Crippen LogP contribution is -2.52. The molecule has 2 fully saturated rings. The van der Waals surface area contributed by atoms with Gasteiger partial charge in [-0.3, -0.25) is 4.98 Å². The molecule has 1 aromatic rings. The standard InChI is InChI=1S/C19H25F3N2O3/c1-17(2,3)27-16(25)24-8-5-18(6-9-24)10-13(11-18)26-15-12-23-7-4-14(15)19(20,21)22/h4,7,12-13H,5-6,8-11H2,1-3H3. The quantitative estimate of drug-likeness (QED) is 0.742. The van der Waals surface area contributed by atoms with E-state index in [1.165, 1.54) is 0 Å². The number of likely N-dealkylation sites (tertiary alicyclic amines) is 1. The Kier molecular flexibility index (Phi) is 5.03. The van der Waals surface area contributed by atoms with Crippen molar-refractivity contribution in [3.63, 3.8) is 0 Å². The van der Waals surface area contributed by atoms with Crippen molar-refractivity contribution in [3.05, 3.63) is 24.0 Å². The fraction of sp³-hybridized carbons (Fsp3) is 0.684. The number of carbonyl (C=O) groups excluding carboxylic acids is 1. The van der Waals surface area contributed by atoms with Crippen molar-refractivity contribution >= 4 is 6.09 Å². The maximum atomic E-state index is 13.0. The van der Waals surface area contributed by atoms with Gasteiger partial charge in [-0.15, -0.1) is 0 Å². The van der Waals surface area contributed by atoms with E-state index in [1.807, 2.05) is 20.8 Å². The summed E-state index contributed by atoms with van der Waals surface area (Å²) < 4.78 is 50.1. The largest absolute Gasteiger partial charge is 0.488 e. The number of piperidine rings is 1. The molecule has 2 heterocycles. The average molecular weight is 386 g/mol. The van der Waals surface area contributed by atoms with Crippen molar-refractivity contribution in [2.45, 2.75) is 64.3 Å². The summed E-state index contributed by atoms with van der Waals surface area (Å²) in [6.45, 7) is 6.69. The Morgan fingerprint density at radius 3 is 2.41 bits per heavy atom. The van der Waals surface area contributed by atoms with Crippen molar-refractivity contribution in [1.29, 1.82) is 0 Å². The molecule has 1 aliphatic heterocycles. The summed E-state index contributed by atoms with van der Waals surface area (Å²) in [5.74, 6) is -0.212. The van der Waals surface area contributed by atoms with Gasteiger partial charge < -0.3 is 14.4 Å². The number of hydrogen-bond donors (Lipinski definition) is 0. The van der Waals surface area contributed by atoms with E-state index in [0.717, 1.165) is 31.3 Å². The topological polar surface area (TPSA) is 51.7 Å². The predicted octanol–water partition coefficient (Wildman–Crippen LogP) is 4.66. The number of rotatable bonds is 2. The van der Waals surface area contributed by atoms with Gasteiger partial charge in [-0.05, 0) is 57.9 Å². The SMILES string of the molecule is CC(C)(C)OC(=O)N1CCC2(CC1)CC(Oc1cnccc1C(F)(F)F)C2. The molecule has 0 aromatic carbocycles. The third-order valence-corrected chi connectivity index (χ3v) is 5.18. The van der Waals surface area contributed by atoms with Gasteiger partial charge in [-0.2, -0.15) is 13.2 Å². The molecule has 1 saturated carbocycles. The smallest absolute Gasteiger partial charge is 0.420 e. The molecule has 5 nitrogen and oxygen atoms in total. The molecule has 1 aromatic heterocycles. The Labute approximate surface area is 156 Å². The zero-order valence-electron chi connectivity index (χ0n) is 15.8. The van der Waals surface area contributed by atoms with Crippen molar-refractivity contribution in [3.8, 4) is 5.75 Å². The van der Waals surface area contributed by atoms with Crippen LogP contribution in [0.2, 0.25) is 0 Å². The van der Waals surface area contributed by atoms with Gasteiger partial charge in [0.05, 0.1) is 12.3 Å². The van der Waals surface area contributed by atoms with Crippen LogP contribution in [0.1, 0.15) is 52.0 Å². The molecule has 1 amide bonds. The van der Waals surface area contributed by atoms with Gasteiger partial charge in [0.15, 0.2) is 0 Å². The summed E-state index contributed by atoms with van der Waals surface area (Å²) in [7, 11) is 0. The molecule has 2 aliphatic rings. The molecule has 0 radical (unpaired) electrons.